The van der Waals surface area contributed by atoms with Gasteiger partial charge in [-0.25, -0.2) is 8.78 Å². The molecule has 2 N–H and O–H groups in total. The summed E-state index contributed by atoms with van der Waals surface area (Å²) in [5.41, 5.74) is 5.63. The van der Waals surface area contributed by atoms with Crippen molar-refractivity contribution in [2.75, 3.05) is 18.8 Å². The second-order valence-electron chi connectivity index (χ2n) is 5.40. The Morgan fingerprint density at radius 1 is 1.37 bits per heavy atom. The molecular formula is C14H18F2N2O. The average molecular weight is 268 g/mol. The van der Waals surface area contributed by atoms with Crippen molar-refractivity contribution in [3.63, 3.8) is 0 Å². The monoisotopic (exact) mass is 268 g/mol. The Labute approximate surface area is 111 Å². The summed E-state index contributed by atoms with van der Waals surface area (Å²) in [6, 6.07) is 1.74. The maximum atomic E-state index is 13.2. The summed E-state index contributed by atoms with van der Waals surface area (Å²) >= 11 is 0. The number of carbonyl (C=O) groups excluding carboxylic acids is 1. The lowest BCUT2D eigenvalue weighted by molar-refractivity contribution is 0.0784. The molecule has 1 aliphatic heterocycles. The second kappa shape index (κ2) is 5.15. The lowest BCUT2D eigenvalue weighted by Gasteiger charge is -2.19. The number of halogens is 2. The van der Waals surface area contributed by atoms with Crippen molar-refractivity contribution in [1.82, 2.24) is 4.90 Å². The van der Waals surface area contributed by atoms with Crippen LogP contribution in [0.15, 0.2) is 12.1 Å². The quantitative estimate of drug-likeness (QED) is 0.838. The van der Waals surface area contributed by atoms with Gasteiger partial charge in [-0.1, -0.05) is 13.8 Å². The first kappa shape index (κ1) is 13.8. The van der Waals surface area contributed by atoms with Crippen molar-refractivity contribution in [2.45, 2.75) is 20.3 Å². The molecule has 1 amide bonds. The largest absolute Gasteiger partial charge is 0.398 e. The molecule has 19 heavy (non-hydrogen) atoms. The van der Waals surface area contributed by atoms with Crippen molar-refractivity contribution in [2.24, 2.45) is 11.8 Å². The Balaban J connectivity index is 2.19. The van der Waals surface area contributed by atoms with E-state index in [0.29, 0.717) is 24.9 Å². The minimum atomic E-state index is -1.04. The molecule has 0 spiro atoms. The molecule has 1 atom stereocenters. The fraction of sp³-hybridized carbons (Fsp3) is 0.500. The predicted octanol–water partition coefficient (Wildman–Crippen LogP) is 2.67. The van der Waals surface area contributed by atoms with Gasteiger partial charge in [0.2, 0.25) is 0 Å². The van der Waals surface area contributed by atoms with Gasteiger partial charge in [-0.2, -0.15) is 0 Å². The molecule has 1 heterocycles. The molecule has 0 saturated carbocycles. The normalized spacial score (nSPS) is 19.2. The lowest BCUT2D eigenvalue weighted by atomic mass is 9.95. The fourth-order valence-electron chi connectivity index (χ4n) is 2.43. The van der Waals surface area contributed by atoms with Gasteiger partial charge < -0.3 is 10.6 Å². The SMILES string of the molecule is CC(C)C1CCN(C(=O)c2cc(F)c(F)cc2N)C1. The van der Waals surface area contributed by atoms with Crippen LogP contribution in [0.4, 0.5) is 14.5 Å². The molecule has 1 aromatic rings. The van der Waals surface area contributed by atoms with Crippen LogP contribution >= 0.6 is 0 Å². The molecule has 1 saturated heterocycles. The maximum Gasteiger partial charge on any atom is 0.256 e. The van der Waals surface area contributed by atoms with E-state index >= 15 is 0 Å². The van der Waals surface area contributed by atoms with Crippen LogP contribution < -0.4 is 5.73 Å². The van der Waals surface area contributed by atoms with Crippen LogP contribution in [0.5, 0.6) is 0 Å². The molecule has 2 rings (SSSR count). The van der Waals surface area contributed by atoms with Crippen LogP contribution in [-0.2, 0) is 0 Å². The van der Waals surface area contributed by atoms with E-state index in [4.69, 9.17) is 5.73 Å². The summed E-state index contributed by atoms with van der Waals surface area (Å²) in [5.74, 6) is -1.44. The number of likely N-dealkylation sites (tertiary alicyclic amines) is 1. The third-order valence-corrected chi connectivity index (χ3v) is 3.78. The van der Waals surface area contributed by atoms with Gasteiger partial charge in [0.05, 0.1) is 5.56 Å². The number of nitrogens with zero attached hydrogens (tertiary/aromatic N) is 1. The summed E-state index contributed by atoms with van der Waals surface area (Å²) in [7, 11) is 0. The Hall–Kier alpha value is -1.65. The highest BCUT2D eigenvalue weighted by atomic mass is 19.2. The van der Waals surface area contributed by atoms with Crippen molar-refractivity contribution >= 4 is 11.6 Å². The number of amides is 1. The summed E-state index contributed by atoms with van der Waals surface area (Å²) in [6.45, 7) is 5.52. The van der Waals surface area contributed by atoms with Crippen molar-refractivity contribution < 1.29 is 13.6 Å². The minimum Gasteiger partial charge on any atom is -0.398 e. The number of hydrogen-bond donors (Lipinski definition) is 1. The number of nitrogens with two attached hydrogens (primary N) is 1. The number of anilines is 1. The van der Waals surface area contributed by atoms with Gasteiger partial charge in [0.1, 0.15) is 0 Å². The predicted molar refractivity (Wildman–Crippen MR) is 69.6 cm³/mol. The van der Waals surface area contributed by atoms with E-state index in [2.05, 4.69) is 13.8 Å². The molecular weight excluding hydrogens is 250 g/mol. The molecule has 1 unspecified atom stereocenters. The van der Waals surface area contributed by atoms with Crippen LogP contribution in [0.2, 0.25) is 0 Å². The molecule has 3 nitrogen and oxygen atoms in total. The topological polar surface area (TPSA) is 46.3 Å². The Morgan fingerprint density at radius 2 is 2.00 bits per heavy atom. The van der Waals surface area contributed by atoms with E-state index in [1.807, 2.05) is 0 Å². The summed E-state index contributed by atoms with van der Waals surface area (Å²) in [4.78, 5) is 13.9. The zero-order valence-electron chi connectivity index (χ0n) is 11.1. The van der Waals surface area contributed by atoms with Crippen LogP contribution in [-0.4, -0.2) is 23.9 Å². The fourth-order valence-corrected chi connectivity index (χ4v) is 2.43. The van der Waals surface area contributed by atoms with E-state index in [1.165, 1.54) is 0 Å². The summed E-state index contributed by atoms with van der Waals surface area (Å²) < 4.78 is 26.2. The first-order chi connectivity index (χ1) is 8.90. The van der Waals surface area contributed by atoms with Gasteiger partial charge in [0, 0.05) is 24.8 Å². The van der Waals surface area contributed by atoms with E-state index in [9.17, 15) is 13.6 Å². The number of benzene rings is 1. The molecule has 1 aromatic carbocycles. The standard InChI is InChI=1S/C14H18F2N2O/c1-8(2)9-3-4-18(7-9)14(19)10-5-11(15)12(16)6-13(10)17/h5-6,8-9H,3-4,7,17H2,1-2H3. The van der Waals surface area contributed by atoms with Gasteiger partial charge in [-0.3, -0.25) is 4.79 Å². The molecule has 104 valence electrons. The second-order valence-corrected chi connectivity index (χ2v) is 5.40. The van der Waals surface area contributed by atoms with Crippen molar-refractivity contribution in [1.29, 1.82) is 0 Å². The minimum absolute atomic E-state index is 0.0168. The van der Waals surface area contributed by atoms with Gasteiger partial charge >= 0.3 is 0 Å². The highest BCUT2D eigenvalue weighted by Gasteiger charge is 2.29. The lowest BCUT2D eigenvalue weighted by Crippen LogP contribution is -2.30. The van der Waals surface area contributed by atoms with Gasteiger partial charge in [0.25, 0.3) is 5.91 Å². The molecule has 0 bridgehead atoms. The average Bonchev–Trinajstić information content (AvgIpc) is 2.82. The summed E-state index contributed by atoms with van der Waals surface area (Å²) in [6.07, 6.45) is 0.937. The third-order valence-electron chi connectivity index (χ3n) is 3.78. The zero-order chi connectivity index (χ0) is 14.2. The molecule has 0 radical (unpaired) electrons. The molecule has 1 fully saturated rings. The number of rotatable bonds is 2. The molecule has 0 aliphatic carbocycles. The smallest absolute Gasteiger partial charge is 0.256 e. The van der Waals surface area contributed by atoms with E-state index in [-0.39, 0.29) is 17.2 Å². The van der Waals surface area contributed by atoms with Gasteiger partial charge in [-0.15, -0.1) is 0 Å². The zero-order valence-corrected chi connectivity index (χ0v) is 11.1. The van der Waals surface area contributed by atoms with Crippen molar-refractivity contribution in [3.8, 4) is 0 Å². The summed E-state index contributed by atoms with van der Waals surface area (Å²) in [5, 5.41) is 0. The van der Waals surface area contributed by atoms with Crippen LogP contribution in [0.25, 0.3) is 0 Å². The third kappa shape index (κ3) is 2.69. The van der Waals surface area contributed by atoms with Gasteiger partial charge in [0.15, 0.2) is 11.6 Å². The Bertz CT molecular complexity index is 502. The van der Waals surface area contributed by atoms with Crippen molar-refractivity contribution in [3.05, 3.63) is 29.3 Å². The number of nitrogen functional groups attached to an aromatic ring is 1. The molecule has 5 heteroatoms. The molecule has 0 aromatic heterocycles. The number of carbonyl (C=O) groups is 1. The highest BCUT2D eigenvalue weighted by Crippen LogP contribution is 2.26. The maximum absolute atomic E-state index is 13.2. The Kier molecular flexibility index (Phi) is 3.73. The first-order valence-corrected chi connectivity index (χ1v) is 6.44. The van der Waals surface area contributed by atoms with E-state index < -0.39 is 11.6 Å². The molecule has 1 aliphatic rings. The van der Waals surface area contributed by atoms with Crippen LogP contribution in [0, 0.1) is 23.5 Å². The van der Waals surface area contributed by atoms with Crippen LogP contribution in [0.3, 0.4) is 0 Å². The highest BCUT2D eigenvalue weighted by molar-refractivity contribution is 5.99. The van der Waals surface area contributed by atoms with E-state index in [0.717, 1.165) is 18.6 Å². The Morgan fingerprint density at radius 3 is 2.58 bits per heavy atom. The van der Waals surface area contributed by atoms with Crippen LogP contribution in [0.1, 0.15) is 30.6 Å². The first-order valence-electron chi connectivity index (χ1n) is 6.44. The number of hydrogen-bond acceptors (Lipinski definition) is 2. The van der Waals surface area contributed by atoms with Gasteiger partial charge in [-0.05, 0) is 24.3 Å². The van der Waals surface area contributed by atoms with E-state index in [1.54, 1.807) is 4.90 Å².